The third-order valence-electron chi connectivity index (χ3n) is 25.8. The number of aliphatic carboxylic acids is 1. The van der Waals surface area contributed by atoms with E-state index in [-0.39, 0.29) is 186 Å². The van der Waals surface area contributed by atoms with Gasteiger partial charge in [-0.05, 0) is 228 Å². The van der Waals surface area contributed by atoms with Gasteiger partial charge in [0.2, 0.25) is 11.8 Å². The van der Waals surface area contributed by atoms with Gasteiger partial charge in [0.1, 0.15) is 38.9 Å². The summed E-state index contributed by atoms with van der Waals surface area (Å²) in [5, 5.41) is 57.2. The number of ether oxygens (including phenoxy) is 8. The molecule has 0 radical (unpaired) electrons. The summed E-state index contributed by atoms with van der Waals surface area (Å²) < 4.78 is 320. The molecule has 11 rings (SSSR count). The average Bonchev–Trinajstić information content (AvgIpc) is 1.59. The number of H-pyrrole nitrogens is 2. The molecule has 4 aromatic rings. The highest BCUT2D eigenvalue weighted by Gasteiger charge is 2.74. The Kier molecular flexibility index (Phi) is 46.9. The summed E-state index contributed by atoms with van der Waals surface area (Å²) in [7, 11) is -4.72. The highest BCUT2D eigenvalue weighted by atomic mass is 35.5. The number of pyridine rings is 1. The van der Waals surface area contributed by atoms with Gasteiger partial charge in [-0.15, -0.1) is 5.10 Å². The highest BCUT2D eigenvalue weighted by molar-refractivity contribution is 6.74. The van der Waals surface area contributed by atoms with Gasteiger partial charge in [-0.1, -0.05) is 64.7 Å². The number of carboxylic acids is 1. The molecule has 5 unspecified atom stereocenters. The van der Waals surface area contributed by atoms with Crippen molar-refractivity contribution in [1.82, 2.24) is 34.7 Å². The Morgan fingerprint density at radius 2 is 0.840 bits per heavy atom. The first-order valence-electron chi connectivity index (χ1n) is 47.6. The minimum absolute atomic E-state index is 0.0162. The van der Waals surface area contributed by atoms with E-state index in [9.17, 15) is 146 Å². The molecule has 31 nitrogen and oxygen atoms in total. The van der Waals surface area contributed by atoms with E-state index < -0.39 is 212 Å². The van der Waals surface area contributed by atoms with Crippen LogP contribution in [0.25, 0.3) is 0 Å². The smallest absolute Gasteiger partial charge is 0.435 e. The van der Waals surface area contributed by atoms with E-state index in [1.807, 2.05) is 67.7 Å². The number of rotatable bonds is 31. The molecule has 5 atom stereocenters. The van der Waals surface area contributed by atoms with Gasteiger partial charge in [0.25, 0.3) is 5.56 Å². The first kappa shape index (κ1) is 136. The van der Waals surface area contributed by atoms with E-state index in [2.05, 4.69) is 34.9 Å². The topological polar surface area (TPSA) is 427 Å². The maximum Gasteiger partial charge on any atom is 0.435 e. The SMILES string of the molecule is CC(C)(C)OC(=O)c1ccc(Cl)nc1Cl.CC(C)(C)OC(=O)n1ccc(=O)[nH]1.CC(C)(C)OC(=O)n1ccc(OCCC(O)C2(C(F)(F)F)CC2)n1.CC(C)(C)[Si](C)(C)OC(CCOc1ccn[nH]1)C1(C(F)(F)F)CC1.CCOC(=O)CC(=O)C1(C(F)(F)F)CC1.CCOC(=O)CC(O)C1(C(F)(F)F)CC1.CCOC(=O)CC(O[Si](C)(C)C(C)(C)C)C1(C(F)(F)F)CC1.O=C(O)C1(C(F)(F)F)CC1.OCCC(O)C1(C(F)(F)F)CC1. The molecule has 7 N–H and O–H groups in total. The van der Waals surface area contributed by atoms with Crippen molar-refractivity contribution >= 4 is 87.7 Å². The minimum atomic E-state index is -4.57. The maximum absolute atomic E-state index is 13.6. The van der Waals surface area contributed by atoms with Crippen LogP contribution in [0.4, 0.5) is 102 Å². The second kappa shape index (κ2) is 51.9. The molecule has 7 fully saturated rings. The number of aromatic amines is 2. The Morgan fingerprint density at radius 3 is 1.18 bits per heavy atom. The lowest BCUT2D eigenvalue weighted by Crippen LogP contribution is -2.50. The van der Waals surface area contributed by atoms with Crippen LogP contribution in [0.15, 0.2) is 53.7 Å². The van der Waals surface area contributed by atoms with E-state index in [1.54, 1.807) is 82.2 Å². The van der Waals surface area contributed by atoms with E-state index in [4.69, 9.17) is 75.8 Å². The molecule has 7 aliphatic rings. The molecule has 7 saturated carbocycles. The number of Topliss-reactive ketones (excluding diaryl/α,β-unsaturated/α-hetero) is 1. The first-order chi connectivity index (χ1) is 67.8. The van der Waals surface area contributed by atoms with Crippen LogP contribution in [0.3, 0.4) is 0 Å². The molecule has 862 valence electrons. The summed E-state index contributed by atoms with van der Waals surface area (Å²) in [6, 6.07) is 7.27. The second-order valence-corrected chi connectivity index (χ2v) is 53.1. The van der Waals surface area contributed by atoms with Gasteiger partial charge < -0.3 is 72.3 Å². The fourth-order valence-electron chi connectivity index (χ4n) is 13.6. The van der Waals surface area contributed by atoms with Crippen molar-refractivity contribution in [3.63, 3.8) is 0 Å². The summed E-state index contributed by atoms with van der Waals surface area (Å²) >= 11 is 11.4. The van der Waals surface area contributed by atoms with Crippen LogP contribution in [0.1, 0.15) is 263 Å². The number of nitrogens with zero attached hydrogens (tertiary/aromatic N) is 5. The van der Waals surface area contributed by atoms with Crippen LogP contribution in [0, 0.1) is 37.9 Å². The fraction of sp³-hybridized carbons (Fsp3) is 0.766. The molecule has 0 amide bonds. The van der Waals surface area contributed by atoms with Crippen molar-refractivity contribution in [2.24, 2.45) is 37.9 Å². The number of carboxylic acid groups (broad SMARTS) is 1. The van der Waals surface area contributed by atoms with Crippen LogP contribution in [0.5, 0.6) is 11.8 Å². The zero-order valence-electron chi connectivity index (χ0n) is 87.3. The summed E-state index contributed by atoms with van der Waals surface area (Å²) in [5.74, 6) is -5.10. The predicted octanol–water partition coefficient (Wildman–Crippen LogP) is 23.0. The molecular weight excluding hydrogens is 2140 g/mol. The molecule has 0 aliphatic heterocycles. The zero-order valence-corrected chi connectivity index (χ0v) is 90.8. The number of esters is 4. The lowest BCUT2D eigenvalue weighted by atomic mass is 9.96. The van der Waals surface area contributed by atoms with Crippen molar-refractivity contribution in [1.29, 1.82) is 0 Å². The van der Waals surface area contributed by atoms with Gasteiger partial charge in [-0.3, -0.25) is 33.9 Å². The van der Waals surface area contributed by atoms with Crippen molar-refractivity contribution in [3.05, 3.63) is 75.1 Å². The Labute approximate surface area is 865 Å². The summed E-state index contributed by atoms with van der Waals surface area (Å²) in [4.78, 5) is 104. The van der Waals surface area contributed by atoms with Crippen LogP contribution in [0.2, 0.25) is 46.6 Å². The van der Waals surface area contributed by atoms with Crippen molar-refractivity contribution in [3.8, 4) is 11.8 Å². The number of aliphatic hydroxyl groups excluding tert-OH is 4. The van der Waals surface area contributed by atoms with Gasteiger partial charge >= 0.3 is 85.3 Å². The highest BCUT2D eigenvalue weighted by Crippen LogP contribution is 2.67. The molecule has 7 aliphatic carbocycles. The number of halogens is 23. The monoisotopic (exact) mass is 2270 g/mol. The van der Waals surface area contributed by atoms with E-state index in [0.717, 1.165) is 9.36 Å². The quantitative estimate of drug-likeness (QED) is 0.00614. The molecule has 4 heterocycles. The van der Waals surface area contributed by atoms with Crippen molar-refractivity contribution in [2.75, 3.05) is 39.6 Å². The maximum atomic E-state index is 13.6. The summed E-state index contributed by atoms with van der Waals surface area (Å²) in [5.41, 5.74) is -16.1. The molecule has 0 aromatic carbocycles. The predicted molar refractivity (Wildman–Crippen MR) is 503 cm³/mol. The van der Waals surface area contributed by atoms with Crippen molar-refractivity contribution < 1.29 is 203 Å². The molecule has 0 spiro atoms. The van der Waals surface area contributed by atoms with Crippen molar-refractivity contribution in [2.45, 2.75) is 380 Å². The van der Waals surface area contributed by atoms with Crippen LogP contribution < -0.4 is 15.0 Å². The third kappa shape index (κ3) is 39.4. The molecule has 4 aromatic heterocycles. The van der Waals surface area contributed by atoms with Gasteiger partial charge in [0.15, 0.2) is 27.8 Å². The number of carbonyl (C=O) groups is 8. The lowest BCUT2D eigenvalue weighted by molar-refractivity contribution is -0.216. The molecule has 0 bridgehead atoms. The number of ketones is 1. The Hall–Kier alpha value is -8.56. The second-order valence-electron chi connectivity index (χ2n) is 42.8. The number of hydrogen-bond donors (Lipinski definition) is 7. The number of hydrogen-bond acceptors (Lipinski definition) is 26. The number of alkyl halides is 21. The standard InChI is InChI=1S/C16H27F3N2O2Si.C15H21F3N2O4.C15H27F3O3Si.C10H11Cl2NO2.C9H13F3O3.C9H11F3O3.C8H12N2O3.C7H11F3O2.C5H5F3O2/c1-14(2,3)24(4,5)23-12(15(8-9-15)16(17,18)19)7-11-22-13-6-10-20-21-13;1-13(2,3)24-12(22)20-8-4-11(19-20)23-9-5-10(21)14(6-7-14)15(16,17)18;1-7-20-12(19)10-11(14(8-9-14)15(16,17)18)21-22(5,6)13(2,3)4;1-10(2,3)15-9(14)6-4-5-7(11)13-8(6)12;2*1-2-15-7(14)5-6(13)8(3-4-8)9(10,11)12;1-8(2,3)13-7(12)10-5-4-6(11)9-10;8-7(9,10)6(2-3-6)5(12)1-4-11;6-5(7,8)4(1-2-4)3(9)10/h6,10,12H,7-9,11H2,1-5H3,(H,20,21);4,8,10,21H,5-7,9H2,1-3H3;11H,7-10H2,1-6H3;4-5H,1-3H3;6,13H,2-5H2,1H3;2-5H2,1H3;4-5H,1-3H3,(H,9,11);5,11-12H,1-4H2;1-2H2,(H,9,10). The molecule has 0 saturated heterocycles. The molecule has 150 heavy (non-hydrogen) atoms. The number of nitrogens with one attached hydrogen (secondary N) is 2. The zero-order chi connectivity index (χ0) is 116. The Balaban J connectivity index is 0.000000439. The van der Waals surface area contributed by atoms with E-state index >= 15 is 0 Å². The van der Waals surface area contributed by atoms with E-state index in [1.165, 1.54) is 49.8 Å². The number of carbonyl (C=O) groups excluding carboxylic acids is 7. The minimum Gasteiger partial charge on any atom is -0.481 e. The van der Waals surface area contributed by atoms with Crippen LogP contribution in [-0.4, -0.2) is 255 Å². The Morgan fingerprint density at radius 1 is 0.453 bits per heavy atom. The average molecular weight is 2280 g/mol. The molecular formula is C94H138Cl2F21N7O24Si2. The Bertz CT molecular complexity index is 5060. The normalized spacial score (nSPS) is 18.3. The first-order valence-corrected chi connectivity index (χ1v) is 54.2. The fourth-order valence-corrected chi connectivity index (χ4v) is 16.8. The van der Waals surface area contributed by atoms with Gasteiger partial charge in [-0.2, -0.15) is 107 Å². The van der Waals surface area contributed by atoms with Gasteiger partial charge in [0.05, 0.1) is 115 Å². The lowest BCUT2D eigenvalue weighted by Gasteiger charge is -2.42. The van der Waals surface area contributed by atoms with Crippen LogP contribution in [-0.2, 0) is 61.2 Å². The van der Waals surface area contributed by atoms with Crippen LogP contribution >= 0.6 is 23.2 Å². The summed E-state index contributed by atoms with van der Waals surface area (Å²) in [6.45, 7) is 40.2. The van der Waals surface area contributed by atoms with Gasteiger partial charge in [-0.25, -0.2) is 24.5 Å². The molecule has 56 heteroatoms. The summed E-state index contributed by atoms with van der Waals surface area (Å²) in [6.07, 6.45) is -37.5. The third-order valence-corrected chi connectivity index (χ3v) is 35.3. The van der Waals surface area contributed by atoms with Gasteiger partial charge in [0, 0.05) is 50.0 Å². The largest absolute Gasteiger partial charge is 0.481 e. The van der Waals surface area contributed by atoms with E-state index in [0.29, 0.717) is 5.88 Å². The number of aromatic nitrogens is 7. The number of aliphatic hydroxyl groups is 4.